The van der Waals surface area contributed by atoms with Crippen LogP contribution in [0.2, 0.25) is 0 Å². The summed E-state index contributed by atoms with van der Waals surface area (Å²) in [7, 11) is -0.852. The van der Waals surface area contributed by atoms with Crippen molar-refractivity contribution in [1.82, 2.24) is 5.32 Å². The summed E-state index contributed by atoms with van der Waals surface area (Å²) in [6.45, 7) is 9.51. The summed E-state index contributed by atoms with van der Waals surface area (Å²) in [5, 5.41) is 3.46. The molecule has 0 aliphatic carbocycles. The average molecular weight is 281 g/mol. The molecule has 3 heteroatoms. The molecule has 0 saturated heterocycles. The number of nitrogens with one attached hydrogen (secondary N) is 1. The Morgan fingerprint density at radius 3 is 2.53 bits per heavy atom. The van der Waals surface area contributed by atoms with Gasteiger partial charge in [0.05, 0.1) is 10.8 Å². The van der Waals surface area contributed by atoms with E-state index in [0.717, 1.165) is 36.5 Å². The number of hydrogen-bond acceptors (Lipinski definition) is 2. The molecule has 19 heavy (non-hydrogen) atoms. The van der Waals surface area contributed by atoms with Gasteiger partial charge >= 0.3 is 0 Å². The van der Waals surface area contributed by atoms with Crippen molar-refractivity contribution in [2.75, 3.05) is 12.3 Å². The van der Waals surface area contributed by atoms with Crippen LogP contribution in [0.25, 0.3) is 0 Å². The molecule has 1 aromatic carbocycles. The second kappa shape index (κ2) is 8.49. The molecule has 2 atom stereocenters. The highest BCUT2D eigenvalue weighted by Crippen LogP contribution is 2.15. The van der Waals surface area contributed by atoms with Crippen molar-refractivity contribution in [3.8, 4) is 0 Å². The van der Waals surface area contributed by atoms with Crippen LogP contribution in [0.1, 0.15) is 44.2 Å². The van der Waals surface area contributed by atoms with E-state index in [2.05, 4.69) is 45.1 Å². The van der Waals surface area contributed by atoms with Crippen LogP contribution in [0.3, 0.4) is 0 Å². The molecule has 2 nitrogen and oxygen atoms in total. The zero-order chi connectivity index (χ0) is 14.3. The van der Waals surface area contributed by atoms with Crippen LogP contribution in [0.4, 0.5) is 0 Å². The Balaban J connectivity index is 2.44. The van der Waals surface area contributed by atoms with Gasteiger partial charge in [0, 0.05) is 16.7 Å². The van der Waals surface area contributed by atoms with Gasteiger partial charge in [0.25, 0.3) is 0 Å². The Hall–Kier alpha value is -0.670. The van der Waals surface area contributed by atoms with Crippen LogP contribution in [0, 0.1) is 13.8 Å². The molecule has 108 valence electrons. The topological polar surface area (TPSA) is 29.1 Å². The summed E-state index contributed by atoms with van der Waals surface area (Å²) in [4.78, 5) is 0.972. The minimum absolute atomic E-state index is 0.571. The van der Waals surface area contributed by atoms with Crippen LogP contribution in [0.5, 0.6) is 0 Å². The predicted molar refractivity (Wildman–Crippen MR) is 84.2 cm³/mol. The Kier molecular flexibility index (Phi) is 7.32. The number of hydrogen-bond donors (Lipinski definition) is 1. The lowest BCUT2D eigenvalue weighted by atomic mass is 10.1. The molecule has 0 heterocycles. The van der Waals surface area contributed by atoms with Crippen molar-refractivity contribution in [3.05, 3.63) is 29.3 Å². The summed E-state index contributed by atoms with van der Waals surface area (Å²) < 4.78 is 12.2. The van der Waals surface area contributed by atoms with Gasteiger partial charge in [-0.3, -0.25) is 4.21 Å². The van der Waals surface area contributed by atoms with Gasteiger partial charge in [0.15, 0.2) is 0 Å². The fraction of sp³-hybridized carbons (Fsp3) is 0.625. The van der Waals surface area contributed by atoms with E-state index < -0.39 is 10.8 Å². The molecular formula is C16H27NOS. The molecule has 0 fully saturated rings. The lowest BCUT2D eigenvalue weighted by molar-refractivity contribution is 0.476. The summed E-state index contributed by atoms with van der Waals surface area (Å²) in [5.74, 6) is 0.768. The zero-order valence-electron chi connectivity index (χ0n) is 12.7. The van der Waals surface area contributed by atoms with Gasteiger partial charge in [-0.2, -0.15) is 0 Å². The number of aryl methyl sites for hydroxylation is 2. The van der Waals surface area contributed by atoms with Gasteiger partial charge in [0.1, 0.15) is 0 Å². The predicted octanol–water partition coefficient (Wildman–Crippen LogP) is 3.58. The highest BCUT2D eigenvalue weighted by molar-refractivity contribution is 7.85. The highest BCUT2D eigenvalue weighted by atomic mass is 32.2. The second-order valence-corrected chi connectivity index (χ2v) is 6.67. The van der Waals surface area contributed by atoms with E-state index >= 15 is 0 Å². The van der Waals surface area contributed by atoms with Gasteiger partial charge in [0.2, 0.25) is 0 Å². The van der Waals surface area contributed by atoms with Gasteiger partial charge in [-0.1, -0.05) is 19.9 Å². The number of rotatable bonds is 8. The van der Waals surface area contributed by atoms with Crippen molar-refractivity contribution in [1.29, 1.82) is 0 Å². The largest absolute Gasteiger partial charge is 0.314 e. The third kappa shape index (κ3) is 5.45. The molecule has 0 amide bonds. The van der Waals surface area contributed by atoms with Gasteiger partial charge in [-0.25, -0.2) is 0 Å². The smallest absolute Gasteiger partial charge is 0.0529 e. The highest BCUT2D eigenvalue weighted by Gasteiger charge is 2.08. The molecule has 0 aromatic heterocycles. The normalized spacial score (nSPS) is 14.3. The summed E-state index contributed by atoms with van der Waals surface area (Å²) in [5.41, 5.74) is 2.49. The second-order valence-electron chi connectivity index (χ2n) is 5.10. The van der Waals surface area contributed by atoms with Crippen LogP contribution in [-0.4, -0.2) is 22.5 Å². The van der Waals surface area contributed by atoms with Crippen molar-refractivity contribution < 1.29 is 4.21 Å². The monoisotopic (exact) mass is 281 g/mol. The van der Waals surface area contributed by atoms with Crippen LogP contribution in [0.15, 0.2) is 23.1 Å². The van der Waals surface area contributed by atoms with Crippen molar-refractivity contribution in [3.63, 3.8) is 0 Å². The summed E-state index contributed by atoms with van der Waals surface area (Å²) >= 11 is 0. The molecule has 0 saturated carbocycles. The minimum Gasteiger partial charge on any atom is -0.314 e. The fourth-order valence-corrected chi connectivity index (χ4v) is 3.37. The standard InChI is InChI=1S/C16H27NOS/c1-5-15(17-6-2)8-7-11-19(18)16-10-9-13(3)14(4)12-16/h9-10,12,15,17H,5-8,11H2,1-4H3. The van der Waals surface area contributed by atoms with Crippen molar-refractivity contribution in [2.24, 2.45) is 0 Å². The van der Waals surface area contributed by atoms with E-state index in [4.69, 9.17) is 0 Å². The summed E-state index contributed by atoms with van der Waals surface area (Å²) in [6.07, 6.45) is 3.27. The van der Waals surface area contributed by atoms with E-state index in [0.29, 0.717) is 6.04 Å². The Bertz CT molecular complexity index is 417. The van der Waals surface area contributed by atoms with Crippen LogP contribution >= 0.6 is 0 Å². The number of benzene rings is 1. The molecule has 0 radical (unpaired) electrons. The quantitative estimate of drug-likeness (QED) is 0.789. The first-order valence-electron chi connectivity index (χ1n) is 7.27. The first kappa shape index (κ1) is 16.4. The molecule has 1 aromatic rings. The van der Waals surface area contributed by atoms with E-state index in [1.165, 1.54) is 11.1 Å². The third-order valence-corrected chi connectivity index (χ3v) is 5.05. The average Bonchev–Trinajstić information content (AvgIpc) is 2.40. The third-order valence-electron chi connectivity index (χ3n) is 3.61. The Morgan fingerprint density at radius 1 is 1.21 bits per heavy atom. The van der Waals surface area contributed by atoms with Gasteiger partial charge in [-0.15, -0.1) is 0 Å². The van der Waals surface area contributed by atoms with Gasteiger partial charge < -0.3 is 5.32 Å². The minimum atomic E-state index is -0.852. The molecule has 1 N–H and O–H groups in total. The molecular weight excluding hydrogens is 254 g/mol. The van der Waals surface area contributed by atoms with E-state index in [9.17, 15) is 4.21 Å². The molecule has 0 bridgehead atoms. The van der Waals surface area contributed by atoms with Crippen molar-refractivity contribution >= 4 is 10.8 Å². The van der Waals surface area contributed by atoms with Crippen molar-refractivity contribution in [2.45, 2.75) is 57.9 Å². The maximum absolute atomic E-state index is 12.2. The molecule has 0 aliphatic heterocycles. The lowest BCUT2D eigenvalue weighted by Gasteiger charge is -2.15. The van der Waals surface area contributed by atoms with Crippen LogP contribution < -0.4 is 5.32 Å². The summed E-state index contributed by atoms with van der Waals surface area (Å²) in [6, 6.07) is 6.70. The lowest BCUT2D eigenvalue weighted by Crippen LogP contribution is -2.28. The van der Waals surface area contributed by atoms with E-state index in [1.54, 1.807) is 0 Å². The molecule has 0 aliphatic rings. The Labute approximate surface area is 120 Å². The first-order chi connectivity index (χ1) is 9.08. The first-order valence-corrected chi connectivity index (χ1v) is 8.59. The van der Waals surface area contributed by atoms with Gasteiger partial charge in [-0.05, 0) is 62.9 Å². The zero-order valence-corrected chi connectivity index (χ0v) is 13.5. The van der Waals surface area contributed by atoms with E-state index in [1.807, 2.05) is 6.07 Å². The maximum atomic E-state index is 12.2. The SMILES string of the molecule is CCNC(CC)CCCS(=O)c1ccc(C)c(C)c1. The molecule has 2 unspecified atom stereocenters. The molecule has 0 spiro atoms. The fourth-order valence-electron chi connectivity index (χ4n) is 2.17. The molecule has 1 rings (SSSR count). The maximum Gasteiger partial charge on any atom is 0.0529 e. The van der Waals surface area contributed by atoms with Crippen LogP contribution in [-0.2, 0) is 10.8 Å². The van der Waals surface area contributed by atoms with E-state index in [-0.39, 0.29) is 0 Å². The Morgan fingerprint density at radius 2 is 1.95 bits per heavy atom.